The molecule has 0 aliphatic carbocycles. The number of benzene rings is 1. The molecule has 4 nitrogen and oxygen atoms in total. The maximum absolute atomic E-state index is 13.4. The average molecular weight is 312 g/mol. The Balaban J connectivity index is 2.34. The highest BCUT2D eigenvalue weighted by molar-refractivity contribution is 7.93. The Labute approximate surface area is 113 Å². The van der Waals surface area contributed by atoms with Crippen molar-refractivity contribution in [2.24, 2.45) is 0 Å². The Morgan fingerprint density at radius 3 is 2.05 bits per heavy atom. The molecule has 1 aromatic rings. The van der Waals surface area contributed by atoms with E-state index in [1.807, 2.05) is 0 Å². The average Bonchev–Trinajstić information content (AvgIpc) is 2.42. The molecule has 0 saturated carbocycles. The van der Waals surface area contributed by atoms with Crippen LogP contribution in [0.1, 0.15) is 12.8 Å². The second-order valence-corrected chi connectivity index (χ2v) is 6.40. The molecule has 1 saturated heterocycles. The van der Waals surface area contributed by atoms with Crippen molar-refractivity contribution in [3.63, 3.8) is 0 Å². The molecule has 2 N–H and O–H groups in total. The van der Waals surface area contributed by atoms with Crippen molar-refractivity contribution in [1.82, 2.24) is 5.32 Å². The normalized spacial score (nSPS) is 17.2. The van der Waals surface area contributed by atoms with E-state index in [4.69, 9.17) is 0 Å². The van der Waals surface area contributed by atoms with Gasteiger partial charge in [-0.2, -0.15) is 0 Å². The Kier molecular flexibility index (Phi) is 4.19. The molecule has 0 atom stereocenters. The van der Waals surface area contributed by atoms with Gasteiger partial charge in [-0.1, -0.05) is 0 Å². The zero-order valence-electron chi connectivity index (χ0n) is 10.2. The first-order valence-corrected chi connectivity index (χ1v) is 7.43. The maximum atomic E-state index is 13.4. The smallest absolute Gasteiger partial charge is 0.235 e. The van der Waals surface area contributed by atoms with Crippen LogP contribution in [0.3, 0.4) is 0 Å². The first kappa shape index (κ1) is 15.0. The van der Waals surface area contributed by atoms with Crippen LogP contribution < -0.4 is 10.0 Å². The second-order valence-electron chi connectivity index (χ2n) is 4.44. The van der Waals surface area contributed by atoms with Gasteiger partial charge in [-0.3, -0.25) is 4.72 Å². The SMILES string of the molecule is O=S(=O)(Nc1c(F)c(F)cc(F)c1F)C1CCNCC1. The molecule has 0 radical (unpaired) electrons. The molecule has 0 bridgehead atoms. The van der Waals surface area contributed by atoms with Gasteiger partial charge in [0.05, 0.1) is 5.25 Å². The second kappa shape index (κ2) is 5.57. The highest BCUT2D eigenvalue weighted by Crippen LogP contribution is 2.27. The fourth-order valence-corrected chi connectivity index (χ4v) is 3.48. The molecular weight excluding hydrogens is 300 g/mol. The van der Waals surface area contributed by atoms with Gasteiger partial charge in [0.2, 0.25) is 10.0 Å². The molecule has 0 amide bonds. The molecule has 112 valence electrons. The maximum Gasteiger partial charge on any atom is 0.235 e. The summed E-state index contributed by atoms with van der Waals surface area (Å²) in [6.07, 6.45) is 0.493. The van der Waals surface area contributed by atoms with Gasteiger partial charge in [0.15, 0.2) is 23.3 Å². The van der Waals surface area contributed by atoms with E-state index in [2.05, 4.69) is 5.32 Å². The summed E-state index contributed by atoms with van der Waals surface area (Å²) in [4.78, 5) is 0. The molecule has 2 rings (SSSR count). The summed E-state index contributed by atoms with van der Waals surface area (Å²) in [5, 5.41) is 2.06. The number of sulfonamides is 1. The lowest BCUT2D eigenvalue weighted by Gasteiger charge is -2.23. The van der Waals surface area contributed by atoms with E-state index in [0.29, 0.717) is 13.1 Å². The van der Waals surface area contributed by atoms with Gasteiger partial charge in [-0.05, 0) is 25.9 Å². The molecule has 1 heterocycles. The summed E-state index contributed by atoms with van der Waals surface area (Å²) in [6, 6.07) is 0.0208. The lowest BCUT2D eigenvalue weighted by Crippen LogP contribution is -2.38. The van der Waals surface area contributed by atoms with Crippen LogP contribution in [0.2, 0.25) is 0 Å². The molecule has 20 heavy (non-hydrogen) atoms. The number of halogens is 4. The van der Waals surface area contributed by atoms with Crippen molar-refractivity contribution < 1.29 is 26.0 Å². The number of anilines is 1. The zero-order valence-corrected chi connectivity index (χ0v) is 11.0. The summed E-state index contributed by atoms with van der Waals surface area (Å²) < 4.78 is 78.4. The van der Waals surface area contributed by atoms with Crippen LogP contribution in [0.25, 0.3) is 0 Å². The summed E-state index contributed by atoms with van der Waals surface area (Å²) in [7, 11) is -4.12. The van der Waals surface area contributed by atoms with E-state index >= 15 is 0 Å². The van der Waals surface area contributed by atoms with Gasteiger partial charge >= 0.3 is 0 Å². The molecule has 1 aliphatic heterocycles. The number of hydrogen-bond donors (Lipinski definition) is 2. The van der Waals surface area contributed by atoms with Gasteiger partial charge in [0.25, 0.3) is 0 Å². The Hall–Kier alpha value is -1.35. The minimum atomic E-state index is -4.12. The Bertz CT molecular complexity index is 589. The van der Waals surface area contributed by atoms with Crippen LogP contribution in [0, 0.1) is 23.3 Å². The van der Waals surface area contributed by atoms with Crippen LogP contribution in [-0.2, 0) is 10.0 Å². The lowest BCUT2D eigenvalue weighted by molar-refractivity contribution is 0.458. The van der Waals surface area contributed by atoms with Crippen LogP contribution in [0.4, 0.5) is 23.2 Å². The van der Waals surface area contributed by atoms with Gasteiger partial charge < -0.3 is 5.32 Å². The first-order chi connectivity index (χ1) is 9.33. The minimum absolute atomic E-state index is 0.0208. The van der Waals surface area contributed by atoms with Crippen LogP contribution in [0.5, 0.6) is 0 Å². The third-order valence-electron chi connectivity index (χ3n) is 3.08. The number of rotatable bonds is 3. The molecule has 0 unspecified atom stereocenters. The molecule has 9 heteroatoms. The fraction of sp³-hybridized carbons (Fsp3) is 0.455. The van der Waals surface area contributed by atoms with E-state index in [0.717, 1.165) is 0 Å². The predicted molar refractivity (Wildman–Crippen MR) is 64.7 cm³/mol. The van der Waals surface area contributed by atoms with E-state index in [9.17, 15) is 26.0 Å². The van der Waals surface area contributed by atoms with Gasteiger partial charge in [-0.25, -0.2) is 26.0 Å². The van der Waals surface area contributed by atoms with Crippen molar-refractivity contribution in [2.75, 3.05) is 17.8 Å². The van der Waals surface area contributed by atoms with Crippen molar-refractivity contribution in [3.8, 4) is 0 Å². The lowest BCUT2D eigenvalue weighted by atomic mass is 10.2. The minimum Gasteiger partial charge on any atom is -0.317 e. The molecule has 1 aliphatic rings. The Morgan fingerprint density at radius 1 is 1.05 bits per heavy atom. The highest BCUT2D eigenvalue weighted by Gasteiger charge is 2.30. The third-order valence-corrected chi connectivity index (χ3v) is 4.92. The molecule has 1 fully saturated rings. The Morgan fingerprint density at radius 2 is 1.55 bits per heavy atom. The predicted octanol–water partition coefficient (Wildman–Crippen LogP) is 1.74. The van der Waals surface area contributed by atoms with Crippen molar-refractivity contribution in [1.29, 1.82) is 0 Å². The van der Waals surface area contributed by atoms with Crippen molar-refractivity contribution in [3.05, 3.63) is 29.3 Å². The number of hydrogen-bond acceptors (Lipinski definition) is 3. The third kappa shape index (κ3) is 2.88. The largest absolute Gasteiger partial charge is 0.317 e. The molecule has 1 aromatic carbocycles. The molecule has 0 aromatic heterocycles. The summed E-state index contributed by atoms with van der Waals surface area (Å²) in [5.41, 5.74) is -1.32. The van der Waals surface area contributed by atoms with E-state index in [-0.39, 0.29) is 18.9 Å². The van der Waals surface area contributed by atoms with Crippen molar-refractivity contribution in [2.45, 2.75) is 18.1 Å². The number of piperidine rings is 1. The highest BCUT2D eigenvalue weighted by atomic mass is 32.2. The standard InChI is InChI=1S/C11H12F4N2O2S/c12-7-5-8(13)10(15)11(9(7)14)17-20(18,19)6-1-3-16-4-2-6/h5-6,16-17H,1-4H2. The molecular formula is C11H12F4N2O2S. The number of nitrogens with one attached hydrogen (secondary N) is 2. The van der Waals surface area contributed by atoms with Crippen LogP contribution in [-0.4, -0.2) is 26.8 Å². The van der Waals surface area contributed by atoms with E-state index < -0.39 is 44.2 Å². The van der Waals surface area contributed by atoms with Gasteiger partial charge in [0.1, 0.15) is 5.69 Å². The van der Waals surface area contributed by atoms with E-state index in [1.54, 1.807) is 4.72 Å². The first-order valence-electron chi connectivity index (χ1n) is 5.88. The van der Waals surface area contributed by atoms with Crippen molar-refractivity contribution >= 4 is 15.7 Å². The van der Waals surface area contributed by atoms with E-state index in [1.165, 1.54) is 0 Å². The zero-order chi connectivity index (χ0) is 14.9. The summed E-state index contributed by atoms with van der Waals surface area (Å²) in [5.74, 6) is -6.85. The fourth-order valence-electron chi connectivity index (χ4n) is 1.99. The quantitative estimate of drug-likeness (QED) is 0.660. The van der Waals surface area contributed by atoms with Crippen LogP contribution in [0.15, 0.2) is 6.07 Å². The summed E-state index contributed by atoms with van der Waals surface area (Å²) in [6.45, 7) is 0.877. The van der Waals surface area contributed by atoms with Gasteiger partial charge in [0, 0.05) is 6.07 Å². The summed E-state index contributed by atoms with van der Waals surface area (Å²) >= 11 is 0. The molecule has 0 spiro atoms. The monoisotopic (exact) mass is 312 g/mol. The van der Waals surface area contributed by atoms with Gasteiger partial charge in [-0.15, -0.1) is 0 Å². The topological polar surface area (TPSA) is 58.2 Å². The van der Waals surface area contributed by atoms with Crippen LogP contribution >= 0.6 is 0 Å².